The molecule has 1 aromatic carbocycles. The molecule has 10 nitrogen and oxygen atoms in total. The van der Waals surface area contributed by atoms with E-state index in [1.54, 1.807) is 42.8 Å². The van der Waals surface area contributed by atoms with Crippen LogP contribution in [0.5, 0.6) is 0 Å². The maximum atomic E-state index is 13.0. The summed E-state index contributed by atoms with van der Waals surface area (Å²) in [5.74, 6) is 1.35. The molecule has 4 rings (SSSR count). The summed E-state index contributed by atoms with van der Waals surface area (Å²) in [6.07, 6.45) is 0. The van der Waals surface area contributed by atoms with Crippen LogP contribution in [0.4, 0.5) is 23.1 Å². The van der Waals surface area contributed by atoms with Crippen molar-refractivity contribution in [2.45, 2.75) is 39.1 Å². The Bertz CT molecular complexity index is 1230. The fourth-order valence-corrected chi connectivity index (χ4v) is 5.35. The second-order valence-corrected chi connectivity index (χ2v) is 9.54. The monoisotopic (exact) mass is 471 g/mol. The normalized spacial score (nSPS) is 14.4. The first-order valence-corrected chi connectivity index (χ1v) is 12.4. The van der Waals surface area contributed by atoms with Gasteiger partial charge in [-0.05, 0) is 52.0 Å². The lowest BCUT2D eigenvalue weighted by atomic mass is 10.3. The molecule has 1 aliphatic heterocycles. The standard InChI is InChI=1S/C22H29N7O3S/c1-5-29-17(4)21(16(3)26-29)33(30,31)27-19-8-6-18(7-9-19)24-20-14-15(2)23-22(25-20)28-10-12-32-13-11-28/h6-9,14,27H,5,10-13H2,1-4H3,(H,23,24,25). The quantitative estimate of drug-likeness (QED) is 0.541. The van der Waals surface area contributed by atoms with Gasteiger partial charge in [0.2, 0.25) is 5.95 Å². The second-order valence-electron chi connectivity index (χ2n) is 7.92. The van der Waals surface area contributed by atoms with Crippen molar-refractivity contribution in [2.24, 2.45) is 0 Å². The van der Waals surface area contributed by atoms with Crippen LogP contribution >= 0.6 is 0 Å². The summed E-state index contributed by atoms with van der Waals surface area (Å²) < 4.78 is 35.7. The molecule has 3 heterocycles. The van der Waals surface area contributed by atoms with E-state index < -0.39 is 10.0 Å². The second kappa shape index (κ2) is 9.36. The number of morpholine rings is 1. The number of rotatable bonds is 7. The van der Waals surface area contributed by atoms with Crippen LogP contribution in [-0.4, -0.2) is 54.5 Å². The summed E-state index contributed by atoms with van der Waals surface area (Å²) in [7, 11) is -3.75. The van der Waals surface area contributed by atoms with Gasteiger partial charge in [-0.1, -0.05) is 0 Å². The van der Waals surface area contributed by atoms with Gasteiger partial charge in [-0.3, -0.25) is 9.40 Å². The van der Waals surface area contributed by atoms with Crippen LogP contribution in [0.3, 0.4) is 0 Å². The number of aryl methyl sites for hydroxylation is 3. The topological polar surface area (TPSA) is 114 Å². The summed E-state index contributed by atoms with van der Waals surface area (Å²) >= 11 is 0. The number of sulfonamides is 1. The molecule has 1 aliphatic rings. The molecule has 176 valence electrons. The molecular formula is C22H29N7O3S. The zero-order valence-corrected chi connectivity index (χ0v) is 20.1. The average molecular weight is 472 g/mol. The maximum Gasteiger partial charge on any atom is 0.265 e. The Hall–Kier alpha value is -3.18. The van der Waals surface area contributed by atoms with E-state index in [1.165, 1.54) is 0 Å². The zero-order chi connectivity index (χ0) is 23.6. The lowest BCUT2D eigenvalue weighted by Gasteiger charge is -2.27. The van der Waals surface area contributed by atoms with Gasteiger partial charge in [-0.15, -0.1) is 0 Å². The lowest BCUT2D eigenvalue weighted by Crippen LogP contribution is -2.37. The first kappa shape index (κ1) is 23.0. The Morgan fingerprint density at radius 1 is 1.03 bits per heavy atom. The summed E-state index contributed by atoms with van der Waals surface area (Å²) in [5.41, 5.74) is 3.22. The molecule has 33 heavy (non-hydrogen) atoms. The Morgan fingerprint density at radius 3 is 2.33 bits per heavy atom. The molecular weight excluding hydrogens is 442 g/mol. The number of hydrogen-bond donors (Lipinski definition) is 2. The van der Waals surface area contributed by atoms with Crippen molar-refractivity contribution in [3.8, 4) is 0 Å². The SMILES string of the molecule is CCn1nc(C)c(S(=O)(=O)Nc2ccc(Nc3cc(C)nc(N4CCOCC4)n3)cc2)c1C. The first-order chi connectivity index (χ1) is 15.8. The van der Waals surface area contributed by atoms with Crippen LogP contribution in [0.25, 0.3) is 0 Å². The molecule has 2 N–H and O–H groups in total. The van der Waals surface area contributed by atoms with Gasteiger partial charge >= 0.3 is 0 Å². The zero-order valence-electron chi connectivity index (χ0n) is 19.3. The highest BCUT2D eigenvalue weighted by molar-refractivity contribution is 7.92. The smallest absolute Gasteiger partial charge is 0.265 e. The fourth-order valence-electron chi connectivity index (χ4n) is 3.87. The first-order valence-electron chi connectivity index (χ1n) is 10.9. The van der Waals surface area contributed by atoms with Crippen LogP contribution in [0.15, 0.2) is 35.2 Å². The molecule has 3 aromatic rings. The number of anilines is 4. The minimum absolute atomic E-state index is 0.221. The van der Waals surface area contributed by atoms with Gasteiger partial charge in [0.1, 0.15) is 10.7 Å². The van der Waals surface area contributed by atoms with Crippen LogP contribution in [0, 0.1) is 20.8 Å². The third kappa shape index (κ3) is 5.09. The Kier molecular flexibility index (Phi) is 6.52. The highest BCUT2D eigenvalue weighted by atomic mass is 32.2. The van der Waals surface area contributed by atoms with Gasteiger partial charge in [0.25, 0.3) is 10.0 Å². The molecule has 2 aromatic heterocycles. The number of nitrogens with zero attached hydrogens (tertiary/aromatic N) is 5. The molecule has 0 atom stereocenters. The summed E-state index contributed by atoms with van der Waals surface area (Å²) in [6, 6.07) is 8.91. The summed E-state index contributed by atoms with van der Waals surface area (Å²) in [5, 5.41) is 7.59. The highest BCUT2D eigenvalue weighted by Gasteiger charge is 2.24. The van der Waals surface area contributed by atoms with Gasteiger partial charge < -0.3 is 15.0 Å². The van der Waals surface area contributed by atoms with Crippen molar-refractivity contribution >= 4 is 33.2 Å². The van der Waals surface area contributed by atoms with Crippen molar-refractivity contribution in [1.82, 2.24) is 19.7 Å². The maximum absolute atomic E-state index is 13.0. The largest absolute Gasteiger partial charge is 0.378 e. The lowest BCUT2D eigenvalue weighted by molar-refractivity contribution is 0.122. The van der Waals surface area contributed by atoms with Gasteiger partial charge in [-0.25, -0.2) is 13.4 Å². The van der Waals surface area contributed by atoms with E-state index >= 15 is 0 Å². The molecule has 0 bridgehead atoms. The summed E-state index contributed by atoms with van der Waals surface area (Å²) in [4.78, 5) is 11.5. The number of benzene rings is 1. The third-order valence-corrected chi connectivity index (χ3v) is 7.06. The van der Waals surface area contributed by atoms with Crippen molar-refractivity contribution < 1.29 is 13.2 Å². The van der Waals surface area contributed by atoms with Crippen molar-refractivity contribution in [3.05, 3.63) is 47.4 Å². The van der Waals surface area contributed by atoms with E-state index in [-0.39, 0.29) is 4.90 Å². The number of aromatic nitrogens is 4. The summed E-state index contributed by atoms with van der Waals surface area (Å²) in [6.45, 7) is 10.8. The molecule has 11 heteroatoms. The predicted octanol–water partition coefficient (Wildman–Crippen LogP) is 3.00. The molecule has 0 spiro atoms. The molecule has 0 unspecified atom stereocenters. The van der Waals surface area contributed by atoms with Crippen LogP contribution in [-0.2, 0) is 21.3 Å². The fraction of sp³-hybridized carbons (Fsp3) is 0.409. The molecule has 0 saturated carbocycles. The van der Waals surface area contributed by atoms with Gasteiger partial charge in [-0.2, -0.15) is 10.1 Å². The number of hydrogen-bond acceptors (Lipinski definition) is 8. The Morgan fingerprint density at radius 2 is 1.70 bits per heavy atom. The van der Waals surface area contributed by atoms with Crippen molar-refractivity contribution in [3.63, 3.8) is 0 Å². The van der Waals surface area contributed by atoms with Gasteiger partial charge in [0.15, 0.2) is 0 Å². The molecule has 1 saturated heterocycles. The molecule has 1 fully saturated rings. The van der Waals surface area contributed by atoms with E-state index in [9.17, 15) is 8.42 Å². The molecule has 0 amide bonds. The van der Waals surface area contributed by atoms with E-state index in [0.29, 0.717) is 48.6 Å². The molecule has 0 radical (unpaired) electrons. The van der Waals surface area contributed by atoms with Gasteiger partial charge in [0, 0.05) is 42.8 Å². The number of ether oxygens (including phenoxy) is 1. The third-order valence-electron chi connectivity index (χ3n) is 5.43. The highest BCUT2D eigenvalue weighted by Crippen LogP contribution is 2.25. The van der Waals surface area contributed by atoms with E-state index in [1.807, 2.05) is 19.9 Å². The van der Waals surface area contributed by atoms with Crippen LogP contribution < -0.4 is 14.9 Å². The van der Waals surface area contributed by atoms with E-state index in [2.05, 4.69) is 30.0 Å². The minimum Gasteiger partial charge on any atom is -0.378 e. The average Bonchev–Trinajstić information content (AvgIpc) is 3.09. The molecule has 0 aliphatic carbocycles. The van der Waals surface area contributed by atoms with Gasteiger partial charge in [0.05, 0.1) is 24.6 Å². The van der Waals surface area contributed by atoms with Crippen molar-refractivity contribution in [2.75, 3.05) is 41.2 Å². The van der Waals surface area contributed by atoms with Crippen molar-refractivity contribution in [1.29, 1.82) is 0 Å². The Balaban J connectivity index is 1.49. The van der Waals surface area contributed by atoms with E-state index in [0.717, 1.165) is 24.5 Å². The Labute approximate surface area is 194 Å². The van der Waals surface area contributed by atoms with Crippen LogP contribution in [0.2, 0.25) is 0 Å². The minimum atomic E-state index is -3.75. The van der Waals surface area contributed by atoms with Crippen LogP contribution in [0.1, 0.15) is 24.0 Å². The number of nitrogens with one attached hydrogen (secondary N) is 2. The van der Waals surface area contributed by atoms with E-state index in [4.69, 9.17) is 4.74 Å². The predicted molar refractivity (Wildman–Crippen MR) is 128 cm³/mol.